The first-order valence-corrected chi connectivity index (χ1v) is 12.1. The zero-order chi connectivity index (χ0) is 20.2. The van der Waals surface area contributed by atoms with Crippen molar-refractivity contribution in [1.82, 2.24) is 20.4 Å². The first-order valence-electron chi connectivity index (χ1n) is 9.23. The zero-order valence-electron chi connectivity index (χ0n) is 15.5. The van der Waals surface area contributed by atoms with Gasteiger partial charge in [0.05, 0.1) is 0 Å². The number of nitrogens with one attached hydrogen (secondary N) is 2. The summed E-state index contributed by atoms with van der Waals surface area (Å²) in [5.41, 5.74) is 0.485. The fraction of sp³-hybridized carbons (Fsp3) is 0.316. The monoisotopic (exact) mass is 478 g/mol. The number of hydrogen-bond acceptors (Lipinski definition) is 6. The number of ether oxygens (including phenoxy) is 1. The summed E-state index contributed by atoms with van der Waals surface area (Å²) >= 11 is 0.112. The number of aromatic nitrogens is 2. The van der Waals surface area contributed by atoms with Gasteiger partial charge in [-0.05, 0) is 0 Å². The molecule has 1 amide bonds. The Morgan fingerprint density at radius 3 is 2.79 bits per heavy atom. The second-order valence-electron chi connectivity index (χ2n) is 6.60. The third kappa shape index (κ3) is 4.92. The van der Waals surface area contributed by atoms with E-state index in [1.165, 1.54) is 35.6 Å². The fourth-order valence-electron chi connectivity index (χ4n) is 3.04. The van der Waals surface area contributed by atoms with E-state index in [1.807, 2.05) is 0 Å². The number of hydrogen-bond donors (Lipinski definition) is 2. The van der Waals surface area contributed by atoms with Crippen LogP contribution in [0.25, 0.3) is 10.2 Å². The van der Waals surface area contributed by atoms with Crippen LogP contribution in [0.2, 0.25) is 0 Å². The van der Waals surface area contributed by atoms with Crippen molar-refractivity contribution in [3.05, 3.63) is 46.6 Å². The number of nitrogens with zero attached hydrogens (tertiary/aromatic N) is 2. The van der Waals surface area contributed by atoms with E-state index in [2.05, 4.69) is 20.4 Å². The number of aromatic amines is 1. The molecule has 0 radical (unpaired) electrons. The number of rotatable bonds is 7. The second-order valence-corrected chi connectivity index (χ2v) is 10.1. The summed E-state index contributed by atoms with van der Waals surface area (Å²) < 4.78 is 19.0. The Bertz CT molecular complexity index is 1010. The predicted molar refractivity (Wildman–Crippen MR) is 111 cm³/mol. The number of H-pyrrole nitrogens is 1. The molecule has 1 unspecified atom stereocenters. The third-order valence-corrected chi connectivity index (χ3v) is 8.05. The quantitative estimate of drug-likeness (QED) is 0.489. The SMILES string of the molecule is O=C([AsH]c1n[nH]c2sc(C(=O)NCCN3CCOCC3)cc12)c1ccc(F)cc1. The van der Waals surface area contributed by atoms with Gasteiger partial charge in [0, 0.05) is 0 Å². The van der Waals surface area contributed by atoms with E-state index < -0.39 is 15.8 Å². The summed E-state index contributed by atoms with van der Waals surface area (Å²) in [6, 6.07) is 7.34. The topological polar surface area (TPSA) is 87.3 Å². The van der Waals surface area contributed by atoms with Crippen molar-refractivity contribution in [2.24, 2.45) is 0 Å². The molecule has 10 heteroatoms. The van der Waals surface area contributed by atoms with E-state index in [-0.39, 0.29) is 16.3 Å². The molecular formula is C19H20AsFN4O3S. The van der Waals surface area contributed by atoms with Crippen molar-refractivity contribution in [3.63, 3.8) is 0 Å². The average molecular weight is 478 g/mol. The second kappa shape index (κ2) is 9.17. The molecule has 29 heavy (non-hydrogen) atoms. The number of amides is 1. The maximum absolute atomic E-state index is 13.0. The van der Waals surface area contributed by atoms with Gasteiger partial charge in [-0.3, -0.25) is 0 Å². The first-order chi connectivity index (χ1) is 14.1. The summed E-state index contributed by atoms with van der Waals surface area (Å²) in [5, 5.41) is 11.0. The maximum atomic E-state index is 13.0. The molecule has 152 valence electrons. The van der Waals surface area contributed by atoms with E-state index >= 15 is 0 Å². The molecule has 1 fully saturated rings. The molecule has 3 heterocycles. The average Bonchev–Trinajstić information content (AvgIpc) is 3.31. The Hall–Kier alpha value is -2.06. The molecule has 0 bridgehead atoms. The minimum atomic E-state index is -1.22. The molecule has 3 aromatic rings. The molecule has 7 nitrogen and oxygen atoms in total. The standard InChI is InChI=1S/C19H20AsFN4O3S/c21-13-3-1-12(2-4-13)17(26)20-16-14-11-15(29-19(14)24-23-16)18(27)22-5-6-25-7-9-28-10-8-25/h1-4,11,20H,5-10H2,(H,22,27)(H,23,24). The predicted octanol–water partition coefficient (Wildman–Crippen LogP) is 0.728. The van der Waals surface area contributed by atoms with Gasteiger partial charge in [0.15, 0.2) is 0 Å². The third-order valence-electron chi connectivity index (χ3n) is 4.64. The van der Waals surface area contributed by atoms with Crippen LogP contribution in [0.5, 0.6) is 0 Å². The van der Waals surface area contributed by atoms with Gasteiger partial charge in [-0.1, -0.05) is 0 Å². The molecule has 1 saturated heterocycles. The van der Waals surface area contributed by atoms with Gasteiger partial charge in [0.2, 0.25) is 0 Å². The van der Waals surface area contributed by atoms with Gasteiger partial charge in [-0.2, -0.15) is 0 Å². The van der Waals surface area contributed by atoms with Crippen molar-refractivity contribution in [3.8, 4) is 0 Å². The van der Waals surface area contributed by atoms with Crippen LogP contribution in [0.15, 0.2) is 30.3 Å². The van der Waals surface area contributed by atoms with E-state index in [1.54, 1.807) is 6.07 Å². The van der Waals surface area contributed by atoms with Crippen LogP contribution in [0.3, 0.4) is 0 Å². The van der Waals surface area contributed by atoms with E-state index in [0.717, 1.165) is 43.1 Å². The molecule has 1 aromatic carbocycles. The Morgan fingerprint density at radius 2 is 2.03 bits per heavy atom. The summed E-state index contributed by atoms with van der Waals surface area (Å²) in [6.45, 7) is 4.62. The summed E-state index contributed by atoms with van der Waals surface area (Å²) in [7, 11) is 0. The van der Waals surface area contributed by atoms with Crippen molar-refractivity contribution in [2.75, 3.05) is 39.4 Å². The van der Waals surface area contributed by atoms with Gasteiger partial charge in [-0.15, -0.1) is 0 Å². The molecule has 2 aromatic heterocycles. The number of morpholine rings is 1. The Morgan fingerprint density at radius 1 is 1.28 bits per heavy atom. The van der Waals surface area contributed by atoms with E-state index in [0.29, 0.717) is 21.5 Å². The van der Waals surface area contributed by atoms with Crippen LogP contribution >= 0.6 is 11.3 Å². The Labute approximate surface area is 177 Å². The fourth-order valence-corrected chi connectivity index (χ4v) is 6.19. The Kier molecular flexibility index (Phi) is 6.40. The van der Waals surface area contributed by atoms with Crippen molar-refractivity contribution >= 4 is 52.3 Å². The van der Waals surface area contributed by atoms with Gasteiger partial charge in [0.25, 0.3) is 0 Å². The summed E-state index contributed by atoms with van der Waals surface area (Å²) in [5.74, 6) is -0.491. The molecule has 0 aliphatic carbocycles. The number of fused-ring (bicyclic) bond motifs is 1. The minimum absolute atomic E-state index is 0.0267. The van der Waals surface area contributed by atoms with Crippen molar-refractivity contribution in [1.29, 1.82) is 0 Å². The van der Waals surface area contributed by atoms with Gasteiger partial charge < -0.3 is 0 Å². The normalized spacial score (nSPS) is 15.3. The van der Waals surface area contributed by atoms with Crippen molar-refractivity contribution < 1.29 is 18.7 Å². The van der Waals surface area contributed by atoms with Crippen LogP contribution in [-0.2, 0) is 4.74 Å². The first kappa shape index (κ1) is 20.2. The number of thiophene rings is 1. The van der Waals surface area contributed by atoms with Crippen LogP contribution in [0.1, 0.15) is 20.0 Å². The van der Waals surface area contributed by atoms with Crippen molar-refractivity contribution in [2.45, 2.75) is 0 Å². The van der Waals surface area contributed by atoms with Crippen LogP contribution in [0.4, 0.5) is 4.39 Å². The summed E-state index contributed by atoms with van der Waals surface area (Å²) in [4.78, 5) is 28.6. The number of benzene rings is 1. The Balaban J connectivity index is 1.38. The molecule has 0 spiro atoms. The van der Waals surface area contributed by atoms with Crippen LogP contribution in [0, 0.1) is 5.82 Å². The molecule has 4 rings (SSSR count). The molecule has 0 saturated carbocycles. The number of carbonyl (C=O) groups is 2. The van der Waals surface area contributed by atoms with Gasteiger partial charge >= 0.3 is 177 Å². The zero-order valence-corrected chi connectivity index (χ0v) is 18.4. The number of halogens is 1. The van der Waals surface area contributed by atoms with Crippen LogP contribution in [-0.4, -0.2) is 80.7 Å². The van der Waals surface area contributed by atoms with E-state index in [9.17, 15) is 14.0 Å². The van der Waals surface area contributed by atoms with Gasteiger partial charge in [-0.25, -0.2) is 0 Å². The number of carbonyl (C=O) groups excluding carboxylic acids is 2. The molecule has 1 atom stereocenters. The summed E-state index contributed by atoms with van der Waals surface area (Å²) in [6.07, 6.45) is 0. The van der Waals surface area contributed by atoms with Gasteiger partial charge in [0.1, 0.15) is 0 Å². The molecule has 2 N–H and O–H groups in total. The molecule has 1 aliphatic heterocycles. The van der Waals surface area contributed by atoms with Crippen LogP contribution < -0.4 is 9.80 Å². The van der Waals surface area contributed by atoms with E-state index in [4.69, 9.17) is 4.74 Å². The molecule has 1 aliphatic rings. The molecular weight excluding hydrogens is 458 g/mol.